The van der Waals surface area contributed by atoms with Crippen molar-refractivity contribution in [3.63, 3.8) is 0 Å². The predicted molar refractivity (Wildman–Crippen MR) is 70.6 cm³/mol. The first kappa shape index (κ1) is 12.3. The van der Waals surface area contributed by atoms with Gasteiger partial charge in [0, 0.05) is 7.05 Å². The average Bonchev–Trinajstić information content (AvgIpc) is 2.68. The van der Waals surface area contributed by atoms with Crippen molar-refractivity contribution in [2.45, 2.75) is 19.4 Å². The second kappa shape index (κ2) is 4.98. The van der Waals surface area contributed by atoms with Crippen molar-refractivity contribution in [2.75, 3.05) is 0 Å². The Morgan fingerprint density at radius 1 is 1.35 bits per heavy atom. The highest BCUT2D eigenvalue weighted by Gasteiger charge is 2.17. The molecule has 5 heteroatoms. The third-order valence-corrected chi connectivity index (χ3v) is 3.43. The first-order chi connectivity index (χ1) is 8.13. The van der Waals surface area contributed by atoms with E-state index in [4.69, 9.17) is 5.73 Å². The van der Waals surface area contributed by atoms with E-state index in [9.17, 15) is 0 Å². The van der Waals surface area contributed by atoms with Crippen LogP contribution in [0.15, 0.2) is 28.9 Å². The molecular weight excluding hydrogens is 280 g/mol. The molecule has 0 aliphatic carbocycles. The lowest BCUT2D eigenvalue weighted by molar-refractivity contribution is 0.650. The molecule has 2 rings (SSSR count). The van der Waals surface area contributed by atoms with Crippen LogP contribution in [0.25, 0.3) is 0 Å². The number of rotatable bonds is 3. The van der Waals surface area contributed by atoms with E-state index in [1.165, 1.54) is 5.56 Å². The minimum atomic E-state index is -0.213. The van der Waals surface area contributed by atoms with Gasteiger partial charge in [-0.15, -0.1) is 5.10 Å². The van der Waals surface area contributed by atoms with E-state index in [2.05, 4.69) is 57.4 Å². The molecule has 0 radical (unpaired) electrons. The quantitative estimate of drug-likeness (QED) is 0.944. The average molecular weight is 295 g/mol. The van der Waals surface area contributed by atoms with Crippen molar-refractivity contribution in [3.8, 4) is 0 Å². The Bertz CT molecular complexity index is 484. The summed E-state index contributed by atoms with van der Waals surface area (Å²) in [7, 11) is 1.84. The summed E-state index contributed by atoms with van der Waals surface area (Å²) in [5, 5.41) is 7.88. The van der Waals surface area contributed by atoms with E-state index < -0.39 is 0 Å². The molecule has 2 N–H and O–H groups in total. The van der Waals surface area contributed by atoms with Gasteiger partial charge in [-0.1, -0.05) is 36.4 Å². The van der Waals surface area contributed by atoms with Crippen LogP contribution in [0.1, 0.15) is 29.8 Å². The summed E-state index contributed by atoms with van der Waals surface area (Å²) in [5.74, 6) is 0. The standard InChI is InChI=1S/C12H15BrN4/c1-3-8-4-6-9(7-5-8)10(14)11-12(13)15-16-17(11)2/h4-7,10H,3,14H2,1-2H3. The fourth-order valence-electron chi connectivity index (χ4n) is 1.79. The van der Waals surface area contributed by atoms with Gasteiger partial charge in [-0.3, -0.25) is 0 Å². The number of nitrogens with two attached hydrogens (primary N) is 1. The maximum absolute atomic E-state index is 6.22. The molecule has 0 bridgehead atoms. The van der Waals surface area contributed by atoms with Crippen LogP contribution in [0, 0.1) is 0 Å². The zero-order valence-electron chi connectivity index (χ0n) is 9.89. The Balaban J connectivity index is 2.33. The van der Waals surface area contributed by atoms with Crippen molar-refractivity contribution in [1.29, 1.82) is 0 Å². The molecule has 0 aliphatic rings. The molecule has 1 aromatic carbocycles. The third kappa shape index (κ3) is 2.40. The molecule has 2 aromatic rings. The molecular formula is C12H15BrN4. The SMILES string of the molecule is CCc1ccc(C(N)c2c(Br)nnn2C)cc1. The van der Waals surface area contributed by atoms with Gasteiger partial charge in [-0.05, 0) is 33.5 Å². The molecule has 90 valence electrons. The van der Waals surface area contributed by atoms with E-state index in [-0.39, 0.29) is 6.04 Å². The number of halogens is 1. The lowest BCUT2D eigenvalue weighted by Crippen LogP contribution is -2.16. The van der Waals surface area contributed by atoms with E-state index in [1.54, 1.807) is 4.68 Å². The zero-order chi connectivity index (χ0) is 12.4. The van der Waals surface area contributed by atoms with Gasteiger partial charge in [-0.25, -0.2) is 4.68 Å². The summed E-state index contributed by atoms with van der Waals surface area (Å²) >= 11 is 3.37. The third-order valence-electron chi connectivity index (χ3n) is 2.87. The van der Waals surface area contributed by atoms with E-state index in [0.717, 1.165) is 17.7 Å². The normalized spacial score (nSPS) is 12.7. The van der Waals surface area contributed by atoms with Gasteiger partial charge >= 0.3 is 0 Å². The van der Waals surface area contributed by atoms with Crippen LogP contribution in [0.5, 0.6) is 0 Å². The minimum Gasteiger partial charge on any atom is -0.319 e. The first-order valence-corrected chi connectivity index (χ1v) is 6.32. The van der Waals surface area contributed by atoms with Gasteiger partial charge in [0.1, 0.15) is 0 Å². The van der Waals surface area contributed by atoms with Gasteiger partial charge in [0.2, 0.25) is 0 Å². The van der Waals surface area contributed by atoms with Gasteiger partial charge in [0.05, 0.1) is 11.7 Å². The molecule has 0 amide bonds. The van der Waals surface area contributed by atoms with Gasteiger partial charge < -0.3 is 5.73 Å². The highest BCUT2D eigenvalue weighted by Crippen LogP contribution is 2.24. The van der Waals surface area contributed by atoms with Crippen molar-refractivity contribution >= 4 is 15.9 Å². The number of nitrogens with zero attached hydrogens (tertiary/aromatic N) is 3. The first-order valence-electron chi connectivity index (χ1n) is 5.53. The van der Waals surface area contributed by atoms with E-state index in [1.807, 2.05) is 7.05 Å². The Labute approximate surface area is 109 Å². The number of aryl methyl sites for hydroxylation is 2. The molecule has 4 nitrogen and oxygen atoms in total. The maximum atomic E-state index is 6.22. The maximum Gasteiger partial charge on any atom is 0.153 e. The summed E-state index contributed by atoms with van der Waals surface area (Å²) < 4.78 is 2.40. The smallest absolute Gasteiger partial charge is 0.153 e. The molecule has 1 unspecified atom stereocenters. The van der Waals surface area contributed by atoms with Crippen molar-refractivity contribution in [1.82, 2.24) is 15.0 Å². The molecule has 0 saturated carbocycles. The molecule has 0 fully saturated rings. The monoisotopic (exact) mass is 294 g/mol. The summed E-state index contributed by atoms with van der Waals surface area (Å²) in [5.41, 5.74) is 9.48. The fraction of sp³-hybridized carbons (Fsp3) is 0.333. The number of hydrogen-bond acceptors (Lipinski definition) is 3. The molecule has 0 aliphatic heterocycles. The Morgan fingerprint density at radius 3 is 2.47 bits per heavy atom. The Kier molecular flexibility index (Phi) is 3.59. The molecule has 0 saturated heterocycles. The van der Waals surface area contributed by atoms with Crippen molar-refractivity contribution in [3.05, 3.63) is 45.7 Å². The second-order valence-corrected chi connectivity index (χ2v) is 4.71. The fourth-order valence-corrected chi connectivity index (χ4v) is 2.36. The van der Waals surface area contributed by atoms with E-state index in [0.29, 0.717) is 4.60 Å². The van der Waals surface area contributed by atoms with Gasteiger partial charge in [0.25, 0.3) is 0 Å². The van der Waals surface area contributed by atoms with Crippen LogP contribution in [0.4, 0.5) is 0 Å². The molecule has 1 atom stereocenters. The largest absolute Gasteiger partial charge is 0.319 e. The molecule has 17 heavy (non-hydrogen) atoms. The highest BCUT2D eigenvalue weighted by molar-refractivity contribution is 9.10. The molecule has 0 spiro atoms. The highest BCUT2D eigenvalue weighted by atomic mass is 79.9. The lowest BCUT2D eigenvalue weighted by Gasteiger charge is -2.12. The lowest BCUT2D eigenvalue weighted by atomic mass is 10.0. The Hall–Kier alpha value is -1.20. The van der Waals surface area contributed by atoms with E-state index >= 15 is 0 Å². The van der Waals surface area contributed by atoms with Crippen molar-refractivity contribution in [2.24, 2.45) is 12.8 Å². The van der Waals surface area contributed by atoms with Gasteiger partial charge in [-0.2, -0.15) is 0 Å². The molecule has 1 heterocycles. The van der Waals surface area contributed by atoms with Crippen LogP contribution in [-0.2, 0) is 13.5 Å². The zero-order valence-corrected chi connectivity index (χ0v) is 11.5. The summed E-state index contributed by atoms with van der Waals surface area (Å²) in [6.07, 6.45) is 1.03. The summed E-state index contributed by atoms with van der Waals surface area (Å²) in [6.45, 7) is 2.14. The van der Waals surface area contributed by atoms with Gasteiger partial charge in [0.15, 0.2) is 4.60 Å². The van der Waals surface area contributed by atoms with Crippen LogP contribution in [-0.4, -0.2) is 15.0 Å². The van der Waals surface area contributed by atoms with Crippen LogP contribution in [0.2, 0.25) is 0 Å². The predicted octanol–water partition coefficient (Wildman–Crippen LogP) is 2.19. The number of aromatic nitrogens is 3. The van der Waals surface area contributed by atoms with Crippen LogP contribution >= 0.6 is 15.9 Å². The van der Waals surface area contributed by atoms with Crippen molar-refractivity contribution < 1.29 is 0 Å². The second-order valence-electron chi connectivity index (χ2n) is 3.96. The number of hydrogen-bond donors (Lipinski definition) is 1. The Morgan fingerprint density at radius 2 is 2.00 bits per heavy atom. The summed E-state index contributed by atoms with van der Waals surface area (Å²) in [4.78, 5) is 0. The van der Waals surface area contributed by atoms with Crippen LogP contribution < -0.4 is 5.73 Å². The number of benzene rings is 1. The minimum absolute atomic E-state index is 0.213. The topological polar surface area (TPSA) is 56.7 Å². The van der Waals surface area contributed by atoms with Crippen LogP contribution in [0.3, 0.4) is 0 Å². The molecule has 1 aromatic heterocycles. The summed E-state index contributed by atoms with van der Waals surface area (Å²) in [6, 6.07) is 8.11.